The van der Waals surface area contributed by atoms with Gasteiger partial charge in [-0.2, -0.15) is 5.10 Å². The quantitative estimate of drug-likeness (QED) is 0.356. The molecule has 8 heteroatoms. The van der Waals surface area contributed by atoms with Crippen LogP contribution in [0.2, 0.25) is 0 Å². The third-order valence-corrected chi connectivity index (χ3v) is 6.50. The van der Waals surface area contributed by atoms with E-state index >= 15 is 0 Å². The molecule has 1 aliphatic rings. The van der Waals surface area contributed by atoms with Gasteiger partial charge in [-0.15, -0.1) is 0 Å². The summed E-state index contributed by atoms with van der Waals surface area (Å²) in [6.07, 6.45) is 3.38. The summed E-state index contributed by atoms with van der Waals surface area (Å²) in [4.78, 5) is 21.5. The van der Waals surface area contributed by atoms with Gasteiger partial charge in [-0.25, -0.2) is 9.97 Å². The first-order chi connectivity index (χ1) is 17.0. The normalized spacial score (nSPS) is 21.7. The Morgan fingerprint density at radius 2 is 1.86 bits per heavy atom. The van der Waals surface area contributed by atoms with Crippen LogP contribution >= 0.6 is 0 Å². The molecule has 8 nitrogen and oxygen atoms in total. The van der Waals surface area contributed by atoms with Crippen LogP contribution in [0.3, 0.4) is 0 Å². The minimum absolute atomic E-state index is 0.0559. The lowest BCUT2D eigenvalue weighted by molar-refractivity contribution is 0.0210. The smallest absolute Gasteiger partial charge is 0.218 e. The second-order valence-electron chi connectivity index (χ2n) is 9.02. The highest BCUT2D eigenvalue weighted by molar-refractivity contribution is 6.10. The van der Waals surface area contributed by atoms with Crippen molar-refractivity contribution in [2.45, 2.75) is 38.1 Å². The Morgan fingerprint density at radius 3 is 2.63 bits per heavy atom. The summed E-state index contributed by atoms with van der Waals surface area (Å²) in [6.45, 7) is 2.40. The molecule has 2 heterocycles. The minimum atomic E-state index is -0.936. The number of rotatable bonds is 7. The zero-order chi connectivity index (χ0) is 24.4. The van der Waals surface area contributed by atoms with Crippen LogP contribution < -0.4 is 5.32 Å². The molecular formula is C27H27N5O3. The average molecular weight is 470 g/mol. The summed E-state index contributed by atoms with van der Waals surface area (Å²) in [5.41, 5.74) is 3.88. The number of carbonyl (C=O) groups is 1. The molecule has 1 saturated carbocycles. The second kappa shape index (κ2) is 9.77. The largest absolute Gasteiger partial charge is 0.390 e. The SMILES string of the molecule is C[C@@H]1C[C@@H](Nc2ncncc2C(=O)c2ccn(Cc3cccc(-c4ccccc4)c3)n2)[C@H](O)[C@@H]1O. The fourth-order valence-electron chi connectivity index (χ4n) is 4.56. The molecule has 0 amide bonds. The zero-order valence-corrected chi connectivity index (χ0v) is 19.3. The first-order valence-electron chi connectivity index (χ1n) is 11.6. The maximum atomic E-state index is 13.2. The van der Waals surface area contributed by atoms with Gasteiger partial charge in [0.1, 0.15) is 23.9 Å². The van der Waals surface area contributed by atoms with Gasteiger partial charge in [-0.05, 0) is 41.2 Å². The van der Waals surface area contributed by atoms with Crippen molar-refractivity contribution in [2.24, 2.45) is 5.92 Å². The van der Waals surface area contributed by atoms with E-state index in [9.17, 15) is 15.0 Å². The van der Waals surface area contributed by atoms with Gasteiger partial charge in [0, 0.05) is 12.4 Å². The summed E-state index contributed by atoms with van der Waals surface area (Å²) in [5.74, 6) is -0.0500. The van der Waals surface area contributed by atoms with Gasteiger partial charge in [0.15, 0.2) is 0 Å². The van der Waals surface area contributed by atoms with E-state index in [1.807, 2.05) is 37.3 Å². The molecule has 0 unspecified atom stereocenters. The number of ketones is 1. The Kier molecular flexibility index (Phi) is 6.39. The Labute approximate surface area is 203 Å². The van der Waals surface area contributed by atoms with E-state index in [0.29, 0.717) is 18.8 Å². The number of hydrogen-bond acceptors (Lipinski definition) is 7. The number of nitrogens with one attached hydrogen (secondary N) is 1. The molecule has 2 aromatic carbocycles. The predicted octanol–water partition coefficient (Wildman–Crippen LogP) is 3.16. The summed E-state index contributed by atoms with van der Waals surface area (Å²) in [6, 6.07) is 19.7. The number of anilines is 1. The number of aliphatic hydroxyl groups excluding tert-OH is 2. The van der Waals surface area contributed by atoms with Gasteiger partial charge in [-0.3, -0.25) is 9.48 Å². The van der Waals surface area contributed by atoms with Crippen molar-refractivity contribution in [1.29, 1.82) is 0 Å². The molecule has 1 aliphatic carbocycles. The minimum Gasteiger partial charge on any atom is -0.390 e. The van der Waals surface area contributed by atoms with Gasteiger partial charge in [0.05, 0.1) is 24.3 Å². The van der Waals surface area contributed by atoms with Gasteiger partial charge in [0.25, 0.3) is 0 Å². The topological polar surface area (TPSA) is 113 Å². The molecule has 0 bridgehead atoms. The number of benzene rings is 2. The molecule has 4 aromatic rings. The highest BCUT2D eigenvalue weighted by atomic mass is 16.3. The number of nitrogens with zero attached hydrogens (tertiary/aromatic N) is 4. The highest BCUT2D eigenvalue weighted by Crippen LogP contribution is 2.29. The van der Waals surface area contributed by atoms with Crippen molar-refractivity contribution >= 4 is 11.6 Å². The second-order valence-corrected chi connectivity index (χ2v) is 9.02. The van der Waals surface area contributed by atoms with E-state index in [1.165, 1.54) is 12.5 Å². The lowest BCUT2D eigenvalue weighted by atomic mass is 10.0. The molecule has 35 heavy (non-hydrogen) atoms. The summed E-state index contributed by atoms with van der Waals surface area (Å²) in [7, 11) is 0. The predicted molar refractivity (Wildman–Crippen MR) is 132 cm³/mol. The van der Waals surface area contributed by atoms with Crippen molar-refractivity contribution in [3.63, 3.8) is 0 Å². The zero-order valence-electron chi connectivity index (χ0n) is 19.3. The maximum absolute atomic E-state index is 13.2. The number of aliphatic hydroxyl groups is 2. The number of carbonyl (C=O) groups excluding carboxylic acids is 1. The fraction of sp³-hybridized carbons (Fsp3) is 0.259. The van der Waals surface area contributed by atoms with E-state index in [2.05, 4.69) is 44.6 Å². The van der Waals surface area contributed by atoms with E-state index in [4.69, 9.17) is 0 Å². The van der Waals surface area contributed by atoms with E-state index in [0.717, 1.165) is 16.7 Å². The van der Waals surface area contributed by atoms with Crippen LogP contribution in [0.25, 0.3) is 11.1 Å². The molecule has 1 fully saturated rings. The Balaban J connectivity index is 1.32. The monoisotopic (exact) mass is 469 g/mol. The van der Waals surface area contributed by atoms with E-state index in [1.54, 1.807) is 16.9 Å². The van der Waals surface area contributed by atoms with Crippen molar-refractivity contribution in [2.75, 3.05) is 5.32 Å². The van der Waals surface area contributed by atoms with Crippen molar-refractivity contribution in [3.05, 3.63) is 96.2 Å². The molecule has 0 spiro atoms. The standard InChI is InChI=1S/C27H27N5O3/c1-17-12-23(26(35)24(17)33)30-27-21(14-28-16-29-27)25(34)22-10-11-32(31-22)15-18-6-5-9-20(13-18)19-7-3-2-4-8-19/h2-11,13-14,16-17,23-24,26,33,35H,12,15H2,1H3,(H,28,29,30)/t17-,23-,24-,26+/m1/s1. The summed E-state index contributed by atoms with van der Waals surface area (Å²) >= 11 is 0. The van der Waals surface area contributed by atoms with Crippen LogP contribution in [0.4, 0.5) is 5.82 Å². The van der Waals surface area contributed by atoms with Crippen molar-refractivity contribution < 1.29 is 15.0 Å². The Bertz CT molecular complexity index is 1320. The fourth-order valence-corrected chi connectivity index (χ4v) is 4.56. The summed E-state index contributed by atoms with van der Waals surface area (Å²) < 4.78 is 1.73. The van der Waals surface area contributed by atoms with E-state index < -0.39 is 18.2 Å². The van der Waals surface area contributed by atoms with Gasteiger partial charge in [-0.1, -0.05) is 55.5 Å². The molecular weight excluding hydrogens is 442 g/mol. The van der Waals surface area contributed by atoms with Crippen molar-refractivity contribution in [3.8, 4) is 11.1 Å². The number of aromatic nitrogens is 4. The average Bonchev–Trinajstić information content (AvgIpc) is 3.45. The highest BCUT2D eigenvalue weighted by Gasteiger charge is 2.39. The molecule has 5 rings (SSSR count). The van der Waals surface area contributed by atoms with Crippen LogP contribution in [0, 0.1) is 5.92 Å². The van der Waals surface area contributed by atoms with Crippen molar-refractivity contribution in [1.82, 2.24) is 19.7 Å². The maximum Gasteiger partial charge on any atom is 0.218 e. The molecule has 0 radical (unpaired) electrons. The van der Waals surface area contributed by atoms with Crippen LogP contribution in [0.15, 0.2) is 79.4 Å². The molecule has 178 valence electrons. The number of hydrogen-bond donors (Lipinski definition) is 3. The lowest BCUT2D eigenvalue weighted by Gasteiger charge is -2.19. The molecule has 0 aliphatic heterocycles. The third kappa shape index (κ3) is 4.84. The van der Waals surface area contributed by atoms with Gasteiger partial charge >= 0.3 is 0 Å². The molecule has 4 atom stereocenters. The van der Waals surface area contributed by atoms with Crippen LogP contribution in [-0.4, -0.2) is 54.0 Å². The first kappa shape index (κ1) is 22.9. The first-order valence-corrected chi connectivity index (χ1v) is 11.6. The lowest BCUT2D eigenvalue weighted by Crippen LogP contribution is -2.35. The van der Waals surface area contributed by atoms with Gasteiger partial charge in [0.2, 0.25) is 5.78 Å². The van der Waals surface area contributed by atoms with E-state index in [-0.39, 0.29) is 23.0 Å². The third-order valence-electron chi connectivity index (χ3n) is 6.50. The molecule has 3 N–H and O–H groups in total. The van der Waals surface area contributed by atoms with Crippen LogP contribution in [0.1, 0.15) is 35.0 Å². The van der Waals surface area contributed by atoms with Crippen LogP contribution in [0.5, 0.6) is 0 Å². The van der Waals surface area contributed by atoms with Crippen LogP contribution in [-0.2, 0) is 6.54 Å². The Morgan fingerprint density at radius 1 is 1.06 bits per heavy atom. The molecule has 0 saturated heterocycles. The molecule has 2 aromatic heterocycles. The summed E-state index contributed by atoms with van der Waals surface area (Å²) in [5, 5.41) is 28.0. The van der Waals surface area contributed by atoms with Gasteiger partial charge < -0.3 is 15.5 Å². The Hall–Kier alpha value is -3.88.